The van der Waals surface area contributed by atoms with Crippen LogP contribution in [0.15, 0.2) is 30.3 Å². The van der Waals surface area contributed by atoms with E-state index in [0.29, 0.717) is 11.3 Å². The van der Waals surface area contributed by atoms with Gasteiger partial charge in [-0.15, -0.1) is 0 Å². The Morgan fingerprint density at radius 2 is 1.71 bits per heavy atom. The van der Waals surface area contributed by atoms with Gasteiger partial charge in [0.2, 0.25) is 0 Å². The van der Waals surface area contributed by atoms with E-state index in [9.17, 15) is 14.4 Å². The maximum atomic E-state index is 12.9. The van der Waals surface area contributed by atoms with Crippen molar-refractivity contribution in [3.05, 3.63) is 58.1 Å². The Hall–Kier alpha value is -3.15. The number of nitrogens with one attached hydrogen (secondary N) is 1. The van der Waals surface area contributed by atoms with E-state index in [1.165, 1.54) is 6.07 Å². The standard InChI is InChI=1S/C18H16N2O4/c1-3-24-18(23)11-8-12(20-2)13-14(15(11)19)17(22)10-7-5-4-6-9(10)16(13)21/h4-8,20H,3,19H2,1-2H3. The molecule has 24 heavy (non-hydrogen) atoms. The maximum Gasteiger partial charge on any atom is 0.340 e. The predicted octanol–water partition coefficient (Wildman–Crippen LogP) is 2.26. The lowest BCUT2D eigenvalue weighted by atomic mass is 9.81. The first-order chi connectivity index (χ1) is 11.5. The fourth-order valence-corrected chi connectivity index (χ4v) is 2.89. The smallest absolute Gasteiger partial charge is 0.340 e. The molecule has 0 heterocycles. The van der Waals surface area contributed by atoms with E-state index >= 15 is 0 Å². The van der Waals surface area contributed by atoms with Crippen LogP contribution >= 0.6 is 0 Å². The van der Waals surface area contributed by atoms with Gasteiger partial charge in [-0.3, -0.25) is 9.59 Å². The summed E-state index contributed by atoms with van der Waals surface area (Å²) in [6.07, 6.45) is 0. The van der Waals surface area contributed by atoms with Crippen LogP contribution in [0, 0.1) is 0 Å². The average molecular weight is 324 g/mol. The second-order valence-corrected chi connectivity index (χ2v) is 5.31. The number of nitrogens with two attached hydrogens (primary N) is 1. The molecule has 6 nitrogen and oxygen atoms in total. The fraction of sp³-hybridized carbons (Fsp3) is 0.167. The zero-order chi connectivity index (χ0) is 17.4. The molecule has 0 fully saturated rings. The normalized spacial score (nSPS) is 12.4. The Labute approximate surface area is 138 Å². The van der Waals surface area contributed by atoms with Gasteiger partial charge < -0.3 is 15.8 Å². The van der Waals surface area contributed by atoms with Gasteiger partial charge in [0.25, 0.3) is 0 Å². The van der Waals surface area contributed by atoms with Crippen molar-refractivity contribution in [2.24, 2.45) is 0 Å². The van der Waals surface area contributed by atoms with Crippen molar-refractivity contribution < 1.29 is 19.1 Å². The quantitative estimate of drug-likeness (QED) is 0.566. The maximum absolute atomic E-state index is 12.9. The lowest BCUT2D eigenvalue weighted by Crippen LogP contribution is -2.25. The number of carbonyl (C=O) groups excluding carboxylic acids is 3. The molecule has 0 aliphatic heterocycles. The number of ketones is 2. The van der Waals surface area contributed by atoms with E-state index in [1.54, 1.807) is 38.2 Å². The Kier molecular flexibility index (Phi) is 3.81. The molecule has 1 aliphatic carbocycles. The summed E-state index contributed by atoms with van der Waals surface area (Å²) in [7, 11) is 1.61. The molecule has 1 aliphatic rings. The van der Waals surface area contributed by atoms with Gasteiger partial charge in [0, 0.05) is 23.9 Å². The van der Waals surface area contributed by atoms with Gasteiger partial charge in [0.1, 0.15) is 0 Å². The Bertz CT molecular complexity index is 887. The summed E-state index contributed by atoms with van der Waals surface area (Å²) in [6.45, 7) is 1.86. The van der Waals surface area contributed by atoms with Crippen LogP contribution in [-0.4, -0.2) is 31.2 Å². The van der Waals surface area contributed by atoms with Crippen LogP contribution in [0.1, 0.15) is 49.1 Å². The fourth-order valence-electron chi connectivity index (χ4n) is 2.89. The molecular formula is C18H16N2O4. The van der Waals surface area contributed by atoms with E-state index in [2.05, 4.69) is 5.32 Å². The lowest BCUT2D eigenvalue weighted by molar-refractivity contribution is 0.0527. The lowest BCUT2D eigenvalue weighted by Gasteiger charge is -2.23. The summed E-state index contributed by atoms with van der Waals surface area (Å²) < 4.78 is 4.99. The third kappa shape index (κ3) is 2.15. The summed E-state index contributed by atoms with van der Waals surface area (Å²) in [5.41, 5.74) is 7.32. The molecule has 0 spiro atoms. The molecule has 3 rings (SSSR count). The molecule has 122 valence electrons. The Balaban J connectivity index is 2.32. The van der Waals surface area contributed by atoms with Crippen LogP contribution in [0.3, 0.4) is 0 Å². The number of nitrogen functional groups attached to an aromatic ring is 1. The zero-order valence-corrected chi connectivity index (χ0v) is 13.3. The number of esters is 1. The highest BCUT2D eigenvalue weighted by Gasteiger charge is 2.35. The van der Waals surface area contributed by atoms with E-state index in [1.807, 2.05) is 0 Å². The number of carbonyl (C=O) groups is 3. The van der Waals surface area contributed by atoms with Gasteiger partial charge >= 0.3 is 5.97 Å². The highest BCUT2D eigenvalue weighted by Crippen LogP contribution is 2.37. The second-order valence-electron chi connectivity index (χ2n) is 5.31. The first-order valence-electron chi connectivity index (χ1n) is 7.51. The number of hydrogen-bond donors (Lipinski definition) is 2. The van der Waals surface area contributed by atoms with Crippen LogP contribution in [0.5, 0.6) is 0 Å². The minimum atomic E-state index is -0.631. The SMILES string of the molecule is CCOC(=O)c1cc(NC)c2c(c1N)C(=O)c1ccccc1C2=O. The summed E-state index contributed by atoms with van der Waals surface area (Å²) in [6, 6.07) is 8.01. The van der Waals surface area contributed by atoms with E-state index in [4.69, 9.17) is 10.5 Å². The van der Waals surface area contributed by atoms with E-state index in [-0.39, 0.29) is 46.1 Å². The summed E-state index contributed by atoms with van der Waals surface area (Å²) in [5.74, 6) is -1.31. The molecule has 2 aromatic carbocycles. The van der Waals surface area contributed by atoms with Crippen LogP contribution in [0.2, 0.25) is 0 Å². The number of rotatable bonds is 3. The number of anilines is 2. The molecule has 2 aromatic rings. The van der Waals surface area contributed by atoms with Crippen molar-refractivity contribution >= 4 is 28.9 Å². The number of hydrogen-bond acceptors (Lipinski definition) is 6. The van der Waals surface area contributed by atoms with Crippen molar-refractivity contribution in [2.75, 3.05) is 24.7 Å². The summed E-state index contributed by atoms with van der Waals surface area (Å²) in [5, 5.41) is 2.87. The molecule has 0 atom stereocenters. The third-order valence-corrected chi connectivity index (χ3v) is 4.00. The van der Waals surface area contributed by atoms with Gasteiger partial charge in [-0.05, 0) is 13.0 Å². The van der Waals surface area contributed by atoms with Gasteiger partial charge in [0.15, 0.2) is 11.6 Å². The highest BCUT2D eigenvalue weighted by atomic mass is 16.5. The minimum Gasteiger partial charge on any atom is -0.462 e. The average Bonchev–Trinajstić information content (AvgIpc) is 2.59. The first-order valence-corrected chi connectivity index (χ1v) is 7.51. The number of fused-ring (bicyclic) bond motifs is 2. The molecular weight excluding hydrogens is 308 g/mol. The van der Waals surface area contributed by atoms with Crippen molar-refractivity contribution in [1.82, 2.24) is 0 Å². The molecule has 0 amide bonds. The third-order valence-electron chi connectivity index (χ3n) is 4.00. The van der Waals surface area contributed by atoms with Crippen molar-refractivity contribution in [2.45, 2.75) is 6.92 Å². The minimum absolute atomic E-state index is 0.0321. The highest BCUT2D eigenvalue weighted by molar-refractivity contribution is 6.32. The van der Waals surface area contributed by atoms with Crippen LogP contribution in [0.4, 0.5) is 11.4 Å². The van der Waals surface area contributed by atoms with E-state index in [0.717, 1.165) is 0 Å². The van der Waals surface area contributed by atoms with Crippen LogP contribution < -0.4 is 11.1 Å². The van der Waals surface area contributed by atoms with Crippen LogP contribution in [-0.2, 0) is 4.74 Å². The molecule has 3 N–H and O–H groups in total. The number of benzene rings is 2. The Morgan fingerprint density at radius 3 is 2.25 bits per heavy atom. The van der Waals surface area contributed by atoms with Gasteiger partial charge in [-0.25, -0.2) is 4.79 Å². The molecule has 0 unspecified atom stereocenters. The van der Waals surface area contributed by atoms with Crippen molar-refractivity contribution in [3.8, 4) is 0 Å². The topological polar surface area (TPSA) is 98.5 Å². The number of ether oxygens (including phenoxy) is 1. The first kappa shape index (κ1) is 15.7. The predicted molar refractivity (Wildman–Crippen MR) is 89.7 cm³/mol. The van der Waals surface area contributed by atoms with Gasteiger partial charge in [-0.1, -0.05) is 24.3 Å². The van der Waals surface area contributed by atoms with Gasteiger partial charge in [0.05, 0.1) is 29.0 Å². The molecule has 0 saturated carbocycles. The van der Waals surface area contributed by atoms with E-state index < -0.39 is 5.97 Å². The molecule has 0 bridgehead atoms. The molecule has 0 radical (unpaired) electrons. The van der Waals surface area contributed by atoms with Crippen molar-refractivity contribution in [1.29, 1.82) is 0 Å². The molecule has 0 saturated heterocycles. The zero-order valence-electron chi connectivity index (χ0n) is 13.3. The Morgan fingerprint density at radius 1 is 1.12 bits per heavy atom. The molecule has 6 heteroatoms. The van der Waals surface area contributed by atoms with Gasteiger partial charge in [-0.2, -0.15) is 0 Å². The largest absolute Gasteiger partial charge is 0.462 e. The summed E-state index contributed by atoms with van der Waals surface area (Å²) in [4.78, 5) is 37.8. The molecule has 0 aromatic heterocycles. The second kappa shape index (κ2) is 5.81. The van der Waals surface area contributed by atoms with Crippen molar-refractivity contribution in [3.63, 3.8) is 0 Å². The van der Waals surface area contributed by atoms with Crippen LogP contribution in [0.25, 0.3) is 0 Å². The summed E-state index contributed by atoms with van der Waals surface area (Å²) >= 11 is 0. The monoisotopic (exact) mass is 324 g/mol.